The predicted molar refractivity (Wildman–Crippen MR) is 73.7 cm³/mol. The number of nitrogens with two attached hydrogens (primary N) is 1. The summed E-state index contributed by atoms with van der Waals surface area (Å²) < 4.78 is 0. The number of pyridine rings is 1. The molecule has 3 aromatic heterocycles. The molecule has 0 spiro atoms. The van der Waals surface area contributed by atoms with Crippen molar-refractivity contribution >= 4 is 34.6 Å². The van der Waals surface area contributed by atoms with E-state index in [1.165, 1.54) is 18.7 Å². The quantitative estimate of drug-likeness (QED) is 0.530. The Bertz CT molecular complexity index is 747. The molecule has 7 nitrogen and oxygen atoms in total. The predicted octanol–water partition coefficient (Wildman–Crippen LogP) is 1.68. The van der Waals surface area contributed by atoms with E-state index in [1.54, 1.807) is 12.3 Å². The molecule has 19 heavy (non-hydrogen) atoms. The van der Waals surface area contributed by atoms with Gasteiger partial charge in [0.2, 0.25) is 0 Å². The van der Waals surface area contributed by atoms with Crippen molar-refractivity contribution in [1.82, 2.24) is 19.9 Å². The lowest BCUT2D eigenvalue weighted by atomic mass is 10.2. The van der Waals surface area contributed by atoms with Gasteiger partial charge in [-0.05, 0) is 12.1 Å². The van der Waals surface area contributed by atoms with E-state index in [0.717, 1.165) is 11.0 Å². The Labute approximate surface area is 108 Å². The summed E-state index contributed by atoms with van der Waals surface area (Å²) in [5.74, 6) is 1.23. The Morgan fingerprint density at radius 2 is 2.21 bits per heavy atom. The number of nitrogens with zero attached hydrogens (tertiary/aromatic N) is 3. The maximum Gasteiger partial charge on any atom is 0.144 e. The first-order valence-corrected chi connectivity index (χ1v) is 5.59. The van der Waals surface area contributed by atoms with Crippen molar-refractivity contribution < 1.29 is 0 Å². The van der Waals surface area contributed by atoms with Crippen LogP contribution in [0.15, 0.2) is 30.9 Å². The van der Waals surface area contributed by atoms with Gasteiger partial charge in [-0.3, -0.25) is 0 Å². The molecule has 0 radical (unpaired) electrons. The summed E-state index contributed by atoms with van der Waals surface area (Å²) in [6.07, 6.45) is 5.96. The second kappa shape index (κ2) is 4.37. The summed E-state index contributed by atoms with van der Waals surface area (Å²) in [6.45, 7) is 0. The molecule has 0 atom stereocenters. The van der Waals surface area contributed by atoms with Crippen molar-refractivity contribution in [2.45, 2.75) is 0 Å². The molecule has 0 bridgehead atoms. The van der Waals surface area contributed by atoms with Gasteiger partial charge >= 0.3 is 0 Å². The summed E-state index contributed by atoms with van der Waals surface area (Å²) in [5.41, 5.74) is 7.52. The highest BCUT2D eigenvalue weighted by Gasteiger charge is 2.06. The van der Waals surface area contributed by atoms with E-state index < -0.39 is 0 Å². The number of fused-ring (bicyclic) bond motifs is 1. The van der Waals surface area contributed by atoms with E-state index in [0.29, 0.717) is 22.9 Å². The zero-order chi connectivity index (χ0) is 13.2. The minimum Gasteiger partial charge on any atom is -0.397 e. The van der Waals surface area contributed by atoms with Crippen LogP contribution in [0.5, 0.6) is 0 Å². The molecule has 0 unspecified atom stereocenters. The van der Waals surface area contributed by atoms with Crippen molar-refractivity contribution in [3.05, 3.63) is 36.4 Å². The van der Waals surface area contributed by atoms with Crippen LogP contribution in [0.3, 0.4) is 0 Å². The van der Waals surface area contributed by atoms with Crippen LogP contribution in [0.25, 0.3) is 11.0 Å². The molecule has 5 N–H and O–H groups in total. The lowest BCUT2D eigenvalue weighted by Gasteiger charge is -2.07. The van der Waals surface area contributed by atoms with Crippen LogP contribution in [0, 0.1) is 5.41 Å². The number of H-pyrrole nitrogens is 1. The van der Waals surface area contributed by atoms with Crippen molar-refractivity contribution in [2.24, 2.45) is 0 Å². The molecule has 0 amide bonds. The highest BCUT2D eigenvalue weighted by molar-refractivity contribution is 5.90. The number of hydrogen-bond acceptors (Lipinski definition) is 6. The van der Waals surface area contributed by atoms with Crippen molar-refractivity contribution in [3.8, 4) is 0 Å². The molecule has 3 rings (SSSR count). The first kappa shape index (κ1) is 11.1. The Balaban J connectivity index is 2.01. The molecule has 0 saturated heterocycles. The molecule has 0 saturated carbocycles. The lowest BCUT2D eigenvalue weighted by molar-refractivity contribution is 1.19. The van der Waals surface area contributed by atoms with E-state index in [4.69, 9.17) is 11.1 Å². The number of hydrogen-bond donors (Lipinski definition) is 4. The number of aromatic nitrogens is 4. The number of nitrogens with one attached hydrogen (secondary N) is 3. The summed E-state index contributed by atoms with van der Waals surface area (Å²) in [4.78, 5) is 15.5. The minimum atomic E-state index is 0.468. The normalized spacial score (nSPS) is 10.5. The number of nitrogen functional groups attached to an aromatic ring is 1. The molecule has 0 aliphatic rings. The average molecular weight is 253 g/mol. The molecular formula is C12H11N7. The first-order valence-electron chi connectivity index (χ1n) is 5.59. The first-order chi connectivity index (χ1) is 9.28. The van der Waals surface area contributed by atoms with Gasteiger partial charge in [0, 0.05) is 18.0 Å². The summed E-state index contributed by atoms with van der Waals surface area (Å²) in [5, 5.41) is 11.2. The second-order valence-electron chi connectivity index (χ2n) is 3.93. The lowest BCUT2D eigenvalue weighted by Crippen LogP contribution is -2.00. The van der Waals surface area contributed by atoms with E-state index >= 15 is 0 Å². The molecule has 0 aliphatic carbocycles. The highest BCUT2D eigenvalue weighted by atomic mass is 15.1. The Kier molecular flexibility index (Phi) is 2.57. The van der Waals surface area contributed by atoms with Crippen molar-refractivity contribution in [1.29, 1.82) is 5.41 Å². The van der Waals surface area contributed by atoms with Gasteiger partial charge in [0.1, 0.15) is 23.6 Å². The Hall–Kier alpha value is -2.96. The van der Waals surface area contributed by atoms with Gasteiger partial charge in [-0.15, -0.1) is 0 Å². The second-order valence-corrected chi connectivity index (χ2v) is 3.93. The maximum atomic E-state index is 7.28. The van der Waals surface area contributed by atoms with Crippen LogP contribution in [-0.4, -0.2) is 26.2 Å². The molecule has 3 heterocycles. The molecule has 0 fully saturated rings. The molecule has 3 aromatic rings. The summed E-state index contributed by atoms with van der Waals surface area (Å²) >= 11 is 0. The number of anilines is 3. The molecular weight excluding hydrogens is 242 g/mol. The fourth-order valence-electron chi connectivity index (χ4n) is 1.77. The van der Waals surface area contributed by atoms with Crippen LogP contribution >= 0.6 is 0 Å². The average Bonchev–Trinajstić information content (AvgIpc) is 2.90. The third-order valence-corrected chi connectivity index (χ3v) is 2.72. The van der Waals surface area contributed by atoms with Gasteiger partial charge < -0.3 is 21.4 Å². The van der Waals surface area contributed by atoms with Crippen LogP contribution in [-0.2, 0) is 0 Å². The smallest absolute Gasteiger partial charge is 0.144 e. The van der Waals surface area contributed by atoms with E-state index in [-0.39, 0.29) is 0 Å². The molecule has 7 heteroatoms. The largest absolute Gasteiger partial charge is 0.397 e. The molecule has 0 aromatic carbocycles. The van der Waals surface area contributed by atoms with Gasteiger partial charge in [0.05, 0.1) is 17.3 Å². The van der Waals surface area contributed by atoms with Crippen LogP contribution < -0.4 is 11.1 Å². The zero-order valence-corrected chi connectivity index (χ0v) is 9.88. The van der Waals surface area contributed by atoms with Crippen molar-refractivity contribution in [2.75, 3.05) is 11.1 Å². The highest BCUT2D eigenvalue weighted by Crippen LogP contribution is 2.22. The monoisotopic (exact) mass is 253 g/mol. The molecule has 0 aliphatic heterocycles. The number of rotatable bonds is 3. The maximum absolute atomic E-state index is 7.28. The summed E-state index contributed by atoms with van der Waals surface area (Å²) in [7, 11) is 0. The third-order valence-electron chi connectivity index (χ3n) is 2.72. The Morgan fingerprint density at radius 1 is 1.32 bits per heavy atom. The topological polar surface area (TPSA) is 116 Å². The Morgan fingerprint density at radius 3 is 3.05 bits per heavy atom. The van der Waals surface area contributed by atoms with E-state index in [9.17, 15) is 0 Å². The van der Waals surface area contributed by atoms with Gasteiger partial charge in [-0.2, -0.15) is 0 Å². The fourth-order valence-corrected chi connectivity index (χ4v) is 1.77. The minimum absolute atomic E-state index is 0.468. The van der Waals surface area contributed by atoms with Crippen LogP contribution in [0.4, 0.5) is 17.3 Å². The van der Waals surface area contributed by atoms with E-state index in [2.05, 4.69) is 25.3 Å². The van der Waals surface area contributed by atoms with Crippen LogP contribution in [0.1, 0.15) is 5.56 Å². The van der Waals surface area contributed by atoms with Gasteiger partial charge in [0.15, 0.2) is 0 Å². The van der Waals surface area contributed by atoms with Gasteiger partial charge in [-0.25, -0.2) is 15.0 Å². The van der Waals surface area contributed by atoms with Gasteiger partial charge in [0.25, 0.3) is 0 Å². The summed E-state index contributed by atoms with van der Waals surface area (Å²) in [6, 6.07) is 3.58. The van der Waals surface area contributed by atoms with Gasteiger partial charge in [-0.1, -0.05) is 0 Å². The molecule has 94 valence electrons. The van der Waals surface area contributed by atoms with E-state index in [1.807, 2.05) is 6.07 Å². The zero-order valence-electron chi connectivity index (χ0n) is 9.88. The fraction of sp³-hybridized carbons (Fsp3) is 0. The van der Waals surface area contributed by atoms with Crippen LogP contribution in [0.2, 0.25) is 0 Å². The standard InChI is InChI=1S/C12H11N7/c13-4-7-3-10(16-5-9(7)14)19-12-8-1-2-15-11(8)17-6-18-12/h1-6,13H,14H2,(H2,15,16,17,18,19). The third kappa shape index (κ3) is 1.97. The SMILES string of the molecule is N=Cc1cc(Nc2ncnc3[nH]ccc23)ncc1N. The number of aromatic amines is 1. The van der Waals surface area contributed by atoms with Crippen molar-refractivity contribution in [3.63, 3.8) is 0 Å².